The molecule has 1 N–H and O–H groups in total. The highest BCUT2D eigenvalue weighted by atomic mass is 79.9. The fraction of sp³-hybridized carbons (Fsp3) is 0.294. The molecule has 0 aliphatic rings. The van der Waals surface area contributed by atoms with Gasteiger partial charge in [0.1, 0.15) is 5.75 Å². The second-order valence-corrected chi connectivity index (χ2v) is 6.57. The lowest BCUT2D eigenvalue weighted by molar-refractivity contribution is 0.313. The van der Waals surface area contributed by atoms with Crippen molar-refractivity contribution in [1.29, 1.82) is 0 Å². The van der Waals surface area contributed by atoms with Gasteiger partial charge < -0.3 is 10.1 Å². The molecule has 0 heterocycles. The highest BCUT2D eigenvalue weighted by molar-refractivity contribution is 9.10. The zero-order chi connectivity index (χ0) is 15.1. The van der Waals surface area contributed by atoms with Crippen molar-refractivity contribution in [3.8, 4) is 5.75 Å². The van der Waals surface area contributed by atoms with Crippen molar-refractivity contribution in [2.75, 3.05) is 6.61 Å². The van der Waals surface area contributed by atoms with Crippen LogP contribution in [0.25, 0.3) is 0 Å². The summed E-state index contributed by atoms with van der Waals surface area (Å²) in [6.45, 7) is 4.46. The van der Waals surface area contributed by atoms with Crippen LogP contribution in [0.5, 0.6) is 5.75 Å². The Morgan fingerprint density at radius 2 is 1.76 bits per heavy atom. The van der Waals surface area contributed by atoms with E-state index in [1.807, 2.05) is 18.2 Å². The first-order valence-corrected chi connectivity index (χ1v) is 8.64. The molecule has 4 heteroatoms. The largest absolute Gasteiger partial charge is 0.493 e. The normalized spacial score (nSPS) is 10.6. The maximum Gasteiger partial charge on any atom is 0.123 e. The van der Waals surface area contributed by atoms with E-state index in [4.69, 9.17) is 4.74 Å². The fourth-order valence-electron chi connectivity index (χ4n) is 2.01. The van der Waals surface area contributed by atoms with Gasteiger partial charge in [0, 0.05) is 27.6 Å². The number of benzene rings is 2. The number of hydrogen-bond acceptors (Lipinski definition) is 2. The molecular formula is C17H19Br2NO. The minimum Gasteiger partial charge on any atom is -0.493 e. The lowest BCUT2D eigenvalue weighted by atomic mass is 10.2. The van der Waals surface area contributed by atoms with Crippen LogP contribution in [-0.2, 0) is 13.1 Å². The fourth-order valence-corrected chi connectivity index (χ4v) is 2.85. The highest BCUT2D eigenvalue weighted by Crippen LogP contribution is 2.24. The van der Waals surface area contributed by atoms with Gasteiger partial charge in [-0.05, 0) is 36.2 Å². The van der Waals surface area contributed by atoms with E-state index in [0.717, 1.165) is 40.8 Å². The summed E-state index contributed by atoms with van der Waals surface area (Å²) in [6, 6.07) is 14.4. The van der Waals surface area contributed by atoms with E-state index in [2.05, 4.69) is 68.4 Å². The Hall–Kier alpha value is -0.840. The smallest absolute Gasteiger partial charge is 0.123 e. The van der Waals surface area contributed by atoms with Crippen LogP contribution in [0, 0.1) is 0 Å². The van der Waals surface area contributed by atoms with Crippen LogP contribution in [0.3, 0.4) is 0 Å². The van der Waals surface area contributed by atoms with Gasteiger partial charge in [-0.25, -0.2) is 0 Å². The van der Waals surface area contributed by atoms with Crippen LogP contribution in [0.2, 0.25) is 0 Å². The van der Waals surface area contributed by atoms with Crippen LogP contribution < -0.4 is 10.1 Å². The maximum absolute atomic E-state index is 5.80. The summed E-state index contributed by atoms with van der Waals surface area (Å²) in [5.74, 6) is 0.958. The molecule has 2 aromatic rings. The average Bonchev–Trinajstić information content (AvgIpc) is 2.48. The van der Waals surface area contributed by atoms with E-state index < -0.39 is 0 Å². The van der Waals surface area contributed by atoms with Crippen molar-refractivity contribution in [2.24, 2.45) is 0 Å². The van der Waals surface area contributed by atoms with Crippen molar-refractivity contribution in [2.45, 2.75) is 26.4 Å². The van der Waals surface area contributed by atoms with Gasteiger partial charge in [-0.2, -0.15) is 0 Å². The van der Waals surface area contributed by atoms with Crippen molar-refractivity contribution in [1.82, 2.24) is 5.32 Å². The van der Waals surface area contributed by atoms with E-state index >= 15 is 0 Å². The third-order valence-electron chi connectivity index (χ3n) is 3.07. The lowest BCUT2D eigenvalue weighted by Crippen LogP contribution is -2.14. The average molecular weight is 413 g/mol. The predicted molar refractivity (Wildman–Crippen MR) is 94.6 cm³/mol. The second kappa shape index (κ2) is 8.57. The van der Waals surface area contributed by atoms with Gasteiger partial charge in [0.25, 0.3) is 0 Å². The van der Waals surface area contributed by atoms with Gasteiger partial charge >= 0.3 is 0 Å². The first-order chi connectivity index (χ1) is 10.2. The van der Waals surface area contributed by atoms with Gasteiger partial charge in [0.15, 0.2) is 0 Å². The molecule has 0 radical (unpaired) electrons. The molecule has 21 heavy (non-hydrogen) atoms. The summed E-state index contributed by atoms with van der Waals surface area (Å²) in [5, 5.41) is 3.47. The van der Waals surface area contributed by atoms with Gasteiger partial charge in [-0.1, -0.05) is 57.0 Å². The summed E-state index contributed by atoms with van der Waals surface area (Å²) < 4.78 is 8.00. The van der Waals surface area contributed by atoms with Crippen LogP contribution in [-0.4, -0.2) is 6.61 Å². The van der Waals surface area contributed by atoms with Crippen LogP contribution >= 0.6 is 31.9 Å². The van der Waals surface area contributed by atoms with E-state index in [0.29, 0.717) is 0 Å². The van der Waals surface area contributed by atoms with E-state index in [1.165, 1.54) is 11.1 Å². The molecule has 0 aliphatic heterocycles. The van der Waals surface area contributed by atoms with Crippen LogP contribution in [0.1, 0.15) is 24.5 Å². The Kier molecular flexibility index (Phi) is 6.74. The van der Waals surface area contributed by atoms with Gasteiger partial charge in [0.2, 0.25) is 0 Å². The van der Waals surface area contributed by atoms with E-state index in [-0.39, 0.29) is 0 Å². The van der Waals surface area contributed by atoms with Gasteiger partial charge in [0.05, 0.1) is 6.61 Å². The quantitative estimate of drug-likeness (QED) is 0.666. The molecule has 0 fully saturated rings. The van der Waals surface area contributed by atoms with Gasteiger partial charge in [-0.15, -0.1) is 0 Å². The van der Waals surface area contributed by atoms with Crippen molar-refractivity contribution in [3.63, 3.8) is 0 Å². The molecule has 0 saturated carbocycles. The number of halogens is 2. The molecule has 0 amide bonds. The molecule has 0 unspecified atom stereocenters. The third-order valence-corrected chi connectivity index (χ3v) is 4.34. The summed E-state index contributed by atoms with van der Waals surface area (Å²) in [6.07, 6.45) is 1.01. The first-order valence-electron chi connectivity index (χ1n) is 7.06. The molecule has 0 aliphatic carbocycles. The lowest BCUT2D eigenvalue weighted by Gasteiger charge is -2.13. The van der Waals surface area contributed by atoms with Crippen molar-refractivity contribution >= 4 is 31.9 Å². The monoisotopic (exact) mass is 411 g/mol. The minimum atomic E-state index is 0.749. The Morgan fingerprint density at radius 3 is 2.52 bits per heavy atom. The molecule has 2 nitrogen and oxygen atoms in total. The number of rotatable bonds is 7. The molecule has 2 rings (SSSR count). The van der Waals surface area contributed by atoms with E-state index in [9.17, 15) is 0 Å². The van der Waals surface area contributed by atoms with Gasteiger partial charge in [-0.3, -0.25) is 0 Å². The Labute approximate surface area is 143 Å². The third kappa shape index (κ3) is 5.13. The number of ether oxygens (including phenoxy) is 1. The van der Waals surface area contributed by atoms with Crippen molar-refractivity contribution in [3.05, 3.63) is 62.5 Å². The second-order valence-electron chi connectivity index (χ2n) is 4.80. The summed E-state index contributed by atoms with van der Waals surface area (Å²) in [7, 11) is 0. The topological polar surface area (TPSA) is 21.3 Å². The maximum atomic E-state index is 5.80. The Balaban J connectivity index is 1.99. The summed E-state index contributed by atoms with van der Waals surface area (Å²) >= 11 is 7.09. The molecule has 0 bridgehead atoms. The summed E-state index contributed by atoms with van der Waals surface area (Å²) in [4.78, 5) is 0. The Bertz CT molecular complexity index is 587. The zero-order valence-corrected chi connectivity index (χ0v) is 15.2. The molecule has 112 valence electrons. The molecule has 0 atom stereocenters. The standard InChI is InChI=1S/C17H19Br2NO/c1-2-9-21-17-8-7-15(18)10-14(17)12-20-11-13-5-3-4-6-16(13)19/h3-8,10,20H,2,9,11-12H2,1H3. The molecular weight excluding hydrogens is 394 g/mol. The molecule has 0 aromatic heterocycles. The van der Waals surface area contributed by atoms with E-state index in [1.54, 1.807) is 0 Å². The number of nitrogens with one attached hydrogen (secondary N) is 1. The SMILES string of the molecule is CCCOc1ccc(Br)cc1CNCc1ccccc1Br. The zero-order valence-electron chi connectivity index (χ0n) is 12.0. The molecule has 0 spiro atoms. The minimum absolute atomic E-state index is 0.749. The Morgan fingerprint density at radius 1 is 1.00 bits per heavy atom. The summed E-state index contributed by atoms with van der Waals surface area (Å²) in [5.41, 5.74) is 2.42. The molecule has 0 saturated heterocycles. The number of hydrogen-bond donors (Lipinski definition) is 1. The van der Waals surface area contributed by atoms with Crippen LogP contribution in [0.15, 0.2) is 51.4 Å². The first kappa shape index (κ1) is 16.5. The molecule has 2 aromatic carbocycles. The van der Waals surface area contributed by atoms with Crippen molar-refractivity contribution < 1.29 is 4.74 Å². The highest BCUT2D eigenvalue weighted by Gasteiger charge is 2.05. The van der Waals surface area contributed by atoms with Crippen LogP contribution in [0.4, 0.5) is 0 Å². The predicted octanol–water partition coefficient (Wildman–Crippen LogP) is 5.29.